The standard InChI is InChI=1S/C7H10N4O3/c8-5-4(10-14-11-5)6(13)9-7(3-12)1-2-7/h12H,1-3H2,(H2,8,11)(H,9,13). The van der Waals surface area contributed by atoms with Gasteiger partial charge in [-0.1, -0.05) is 0 Å². The van der Waals surface area contributed by atoms with Gasteiger partial charge in [0.15, 0.2) is 0 Å². The molecular weight excluding hydrogens is 188 g/mol. The van der Waals surface area contributed by atoms with Crippen molar-refractivity contribution in [1.29, 1.82) is 0 Å². The van der Waals surface area contributed by atoms with E-state index in [9.17, 15) is 4.79 Å². The van der Waals surface area contributed by atoms with Crippen molar-refractivity contribution in [2.75, 3.05) is 12.3 Å². The summed E-state index contributed by atoms with van der Waals surface area (Å²) in [7, 11) is 0. The van der Waals surface area contributed by atoms with Crippen molar-refractivity contribution in [3.63, 3.8) is 0 Å². The van der Waals surface area contributed by atoms with Crippen LogP contribution in [0.1, 0.15) is 23.3 Å². The maximum Gasteiger partial charge on any atom is 0.277 e. The molecule has 1 heterocycles. The minimum Gasteiger partial charge on any atom is -0.394 e. The molecule has 7 heteroatoms. The first-order chi connectivity index (χ1) is 6.67. The number of aromatic nitrogens is 2. The molecule has 0 atom stereocenters. The fourth-order valence-corrected chi connectivity index (χ4v) is 1.13. The van der Waals surface area contributed by atoms with Crippen molar-refractivity contribution < 1.29 is 14.5 Å². The van der Waals surface area contributed by atoms with E-state index in [-0.39, 0.29) is 18.1 Å². The molecule has 0 bridgehead atoms. The highest BCUT2D eigenvalue weighted by Crippen LogP contribution is 2.34. The molecule has 1 aliphatic carbocycles. The van der Waals surface area contributed by atoms with Gasteiger partial charge in [-0.3, -0.25) is 4.79 Å². The van der Waals surface area contributed by atoms with Gasteiger partial charge in [-0.05, 0) is 23.2 Å². The van der Waals surface area contributed by atoms with Gasteiger partial charge < -0.3 is 16.2 Å². The quantitative estimate of drug-likeness (QED) is 0.568. The first kappa shape index (κ1) is 8.95. The average Bonchev–Trinajstić information content (AvgIpc) is 2.80. The van der Waals surface area contributed by atoms with Crippen molar-refractivity contribution >= 4 is 11.7 Å². The Bertz CT molecular complexity index is 358. The van der Waals surface area contributed by atoms with Crippen LogP contribution in [0.4, 0.5) is 5.82 Å². The number of amides is 1. The highest BCUT2D eigenvalue weighted by molar-refractivity contribution is 5.96. The maximum absolute atomic E-state index is 11.5. The summed E-state index contributed by atoms with van der Waals surface area (Å²) in [5.74, 6) is -0.508. The molecule has 7 nitrogen and oxygen atoms in total. The Morgan fingerprint density at radius 2 is 2.36 bits per heavy atom. The lowest BCUT2D eigenvalue weighted by molar-refractivity contribution is 0.0897. The molecule has 0 spiro atoms. The van der Waals surface area contributed by atoms with Crippen LogP contribution in [-0.2, 0) is 0 Å². The van der Waals surface area contributed by atoms with E-state index >= 15 is 0 Å². The lowest BCUT2D eigenvalue weighted by atomic mass is 10.2. The van der Waals surface area contributed by atoms with Gasteiger partial charge in [-0.2, -0.15) is 0 Å². The second kappa shape index (κ2) is 2.95. The molecule has 1 aromatic rings. The Kier molecular flexibility index (Phi) is 1.88. The van der Waals surface area contributed by atoms with Crippen LogP contribution in [0.2, 0.25) is 0 Å². The number of carbonyl (C=O) groups is 1. The SMILES string of the molecule is Nc1nonc1C(=O)NC1(CO)CC1. The third-order valence-electron chi connectivity index (χ3n) is 2.26. The molecule has 0 aliphatic heterocycles. The summed E-state index contributed by atoms with van der Waals surface area (Å²) >= 11 is 0. The van der Waals surface area contributed by atoms with Crippen molar-refractivity contribution in [3.05, 3.63) is 5.69 Å². The normalized spacial score (nSPS) is 17.8. The molecule has 1 amide bonds. The molecule has 0 unspecified atom stereocenters. The van der Waals surface area contributed by atoms with Crippen molar-refractivity contribution in [3.8, 4) is 0 Å². The Morgan fingerprint density at radius 3 is 2.79 bits per heavy atom. The third-order valence-corrected chi connectivity index (χ3v) is 2.26. The van der Waals surface area contributed by atoms with Gasteiger partial charge in [0.2, 0.25) is 11.5 Å². The zero-order chi connectivity index (χ0) is 10.2. The summed E-state index contributed by atoms with van der Waals surface area (Å²) in [6, 6.07) is 0. The van der Waals surface area contributed by atoms with E-state index in [0.29, 0.717) is 0 Å². The molecule has 0 radical (unpaired) electrons. The van der Waals surface area contributed by atoms with Crippen molar-refractivity contribution in [1.82, 2.24) is 15.6 Å². The second-order valence-electron chi connectivity index (χ2n) is 3.39. The number of hydrogen-bond acceptors (Lipinski definition) is 6. The Labute approximate surface area is 79.2 Å². The van der Waals surface area contributed by atoms with E-state index in [0.717, 1.165) is 12.8 Å². The number of rotatable bonds is 3. The average molecular weight is 198 g/mol. The highest BCUT2D eigenvalue weighted by atomic mass is 16.6. The monoisotopic (exact) mass is 198 g/mol. The van der Waals surface area contributed by atoms with E-state index in [2.05, 4.69) is 20.3 Å². The predicted octanol–water partition coefficient (Wildman–Crippen LogP) is -1.09. The number of nitrogens with one attached hydrogen (secondary N) is 1. The van der Waals surface area contributed by atoms with E-state index in [4.69, 9.17) is 10.8 Å². The first-order valence-corrected chi connectivity index (χ1v) is 4.18. The van der Waals surface area contributed by atoms with Gasteiger partial charge in [0.25, 0.3) is 5.91 Å². The van der Waals surface area contributed by atoms with Gasteiger partial charge in [-0.25, -0.2) is 4.63 Å². The Hall–Kier alpha value is -1.63. The van der Waals surface area contributed by atoms with Gasteiger partial charge >= 0.3 is 0 Å². The molecule has 2 rings (SSSR count). The summed E-state index contributed by atoms with van der Waals surface area (Å²) in [5, 5.41) is 18.2. The molecule has 1 saturated carbocycles. The highest BCUT2D eigenvalue weighted by Gasteiger charge is 2.44. The minimum absolute atomic E-state index is 0.0373. The predicted molar refractivity (Wildman–Crippen MR) is 45.2 cm³/mol. The molecule has 1 aromatic heterocycles. The van der Waals surface area contributed by atoms with E-state index in [1.165, 1.54) is 0 Å². The zero-order valence-corrected chi connectivity index (χ0v) is 7.36. The van der Waals surface area contributed by atoms with Crippen LogP contribution in [0.25, 0.3) is 0 Å². The molecule has 1 aliphatic rings. The number of nitrogen functional groups attached to an aromatic ring is 1. The largest absolute Gasteiger partial charge is 0.394 e. The first-order valence-electron chi connectivity index (χ1n) is 4.18. The van der Waals surface area contributed by atoms with E-state index in [1.54, 1.807) is 0 Å². The maximum atomic E-state index is 11.5. The van der Waals surface area contributed by atoms with Crippen LogP contribution >= 0.6 is 0 Å². The van der Waals surface area contributed by atoms with Crippen LogP contribution in [0, 0.1) is 0 Å². The molecule has 4 N–H and O–H groups in total. The summed E-state index contributed by atoms with van der Waals surface area (Å²) < 4.78 is 4.29. The molecule has 1 fully saturated rings. The molecule has 0 aromatic carbocycles. The summed E-state index contributed by atoms with van der Waals surface area (Å²) in [5.41, 5.74) is 4.81. The number of carbonyl (C=O) groups excluding carboxylic acids is 1. The lowest BCUT2D eigenvalue weighted by Gasteiger charge is -2.12. The van der Waals surface area contributed by atoms with Crippen LogP contribution in [0.5, 0.6) is 0 Å². The van der Waals surface area contributed by atoms with Crippen molar-refractivity contribution in [2.45, 2.75) is 18.4 Å². The van der Waals surface area contributed by atoms with E-state index in [1.807, 2.05) is 0 Å². The third kappa shape index (κ3) is 1.41. The molecule has 14 heavy (non-hydrogen) atoms. The fourth-order valence-electron chi connectivity index (χ4n) is 1.13. The van der Waals surface area contributed by atoms with Gasteiger partial charge in [0.05, 0.1) is 12.1 Å². The summed E-state index contributed by atoms with van der Waals surface area (Å²) in [4.78, 5) is 11.5. The van der Waals surface area contributed by atoms with Crippen LogP contribution in [0.15, 0.2) is 4.63 Å². The van der Waals surface area contributed by atoms with Crippen LogP contribution in [-0.4, -0.2) is 33.5 Å². The van der Waals surface area contributed by atoms with Crippen LogP contribution < -0.4 is 11.1 Å². The van der Waals surface area contributed by atoms with E-state index < -0.39 is 11.4 Å². The van der Waals surface area contributed by atoms with Crippen molar-refractivity contribution in [2.24, 2.45) is 0 Å². The fraction of sp³-hybridized carbons (Fsp3) is 0.571. The van der Waals surface area contributed by atoms with Crippen LogP contribution in [0.3, 0.4) is 0 Å². The number of hydrogen-bond donors (Lipinski definition) is 3. The Morgan fingerprint density at radius 1 is 1.64 bits per heavy atom. The van der Waals surface area contributed by atoms with Gasteiger partial charge in [-0.15, -0.1) is 0 Å². The zero-order valence-electron chi connectivity index (χ0n) is 7.36. The minimum atomic E-state index is -0.484. The number of aliphatic hydroxyl groups excluding tert-OH is 1. The molecule has 76 valence electrons. The number of anilines is 1. The second-order valence-corrected chi connectivity index (χ2v) is 3.39. The number of nitrogens with two attached hydrogens (primary N) is 1. The summed E-state index contributed by atoms with van der Waals surface area (Å²) in [6.07, 6.45) is 1.53. The topological polar surface area (TPSA) is 114 Å². The van der Waals surface area contributed by atoms with Gasteiger partial charge in [0, 0.05) is 0 Å². The van der Waals surface area contributed by atoms with Gasteiger partial charge in [0.1, 0.15) is 0 Å². The smallest absolute Gasteiger partial charge is 0.277 e. The molecule has 0 saturated heterocycles. The summed E-state index contributed by atoms with van der Waals surface area (Å²) in [6.45, 7) is -0.0794. The Balaban J connectivity index is 2.07. The lowest BCUT2D eigenvalue weighted by Crippen LogP contribution is -2.40. The molecular formula is C7H10N4O3. The number of aliphatic hydroxyl groups is 1. The number of nitrogens with zero attached hydrogens (tertiary/aromatic N) is 2.